The van der Waals surface area contributed by atoms with E-state index in [4.69, 9.17) is 5.26 Å². The van der Waals surface area contributed by atoms with E-state index in [1.807, 2.05) is 6.92 Å². The van der Waals surface area contributed by atoms with Crippen LogP contribution in [0.3, 0.4) is 0 Å². The van der Waals surface area contributed by atoms with E-state index in [-0.39, 0.29) is 19.0 Å². The van der Waals surface area contributed by atoms with Crippen molar-refractivity contribution in [2.45, 2.75) is 32.5 Å². The molecule has 0 spiro atoms. The van der Waals surface area contributed by atoms with Crippen LogP contribution in [0.15, 0.2) is 0 Å². The fourth-order valence-electron chi connectivity index (χ4n) is 2.58. The Morgan fingerprint density at radius 2 is 2.12 bits per heavy atom. The Bertz CT molecular complexity index is 355. The van der Waals surface area contributed by atoms with E-state index in [2.05, 4.69) is 10.8 Å². The van der Waals surface area contributed by atoms with Crippen LogP contribution in [0.2, 0.25) is 0 Å². The Morgan fingerprint density at radius 3 is 2.53 bits per heavy atom. The van der Waals surface area contributed by atoms with Gasteiger partial charge in [-0.05, 0) is 18.8 Å². The second-order valence-corrected chi connectivity index (χ2v) is 4.94. The summed E-state index contributed by atoms with van der Waals surface area (Å²) in [7, 11) is 0. The molecule has 0 bridgehead atoms. The molecular weight excluding hydrogens is 230 g/mol. The van der Waals surface area contributed by atoms with Gasteiger partial charge < -0.3 is 9.64 Å². The maximum Gasteiger partial charge on any atom is 0.345 e. The molecule has 1 aliphatic carbocycles. The van der Waals surface area contributed by atoms with Gasteiger partial charge in [0.05, 0.1) is 12.2 Å². The lowest BCUT2D eigenvalue weighted by atomic mass is 9.62. The zero-order valence-electron chi connectivity index (χ0n) is 9.53. The summed E-state index contributed by atoms with van der Waals surface area (Å²) in [6.07, 6.45) is 0.547. The molecule has 0 aromatic rings. The first kappa shape index (κ1) is 12.2. The number of amides is 1. The third-order valence-corrected chi connectivity index (χ3v) is 3.45. The number of alkyl halides is 2. The molecule has 0 atom stereocenters. The average Bonchev–Trinajstić information content (AvgIpc) is 2.16. The molecule has 1 amide bonds. The number of carbonyl (C=O) groups is 1. The van der Waals surface area contributed by atoms with E-state index in [9.17, 15) is 13.6 Å². The van der Waals surface area contributed by atoms with Crippen molar-refractivity contribution in [3.8, 4) is 6.07 Å². The summed E-state index contributed by atoms with van der Waals surface area (Å²) in [6, 6.07) is 2.07. The van der Waals surface area contributed by atoms with Crippen LogP contribution in [0.5, 0.6) is 0 Å². The fraction of sp³-hybridized carbons (Fsp3) is 0.818. The molecule has 0 N–H and O–H groups in total. The molecule has 1 saturated heterocycles. The zero-order valence-corrected chi connectivity index (χ0v) is 9.53. The number of nitrogens with zero attached hydrogens (tertiary/aromatic N) is 2. The van der Waals surface area contributed by atoms with Crippen molar-refractivity contribution in [1.82, 2.24) is 4.90 Å². The van der Waals surface area contributed by atoms with E-state index < -0.39 is 18.1 Å². The Kier molecular flexibility index (Phi) is 3.04. The number of carbonyl (C=O) groups excluding carboxylic acids is 1. The van der Waals surface area contributed by atoms with Gasteiger partial charge in [0.2, 0.25) is 5.91 Å². The molecule has 17 heavy (non-hydrogen) atoms. The SMILES string of the molecule is CC1CC(C#N)(C(=O)N2CC(OC(F)F)C2)C1. The highest BCUT2D eigenvalue weighted by molar-refractivity contribution is 5.87. The van der Waals surface area contributed by atoms with Crippen molar-refractivity contribution in [3.63, 3.8) is 0 Å². The third kappa shape index (κ3) is 2.12. The molecule has 0 aromatic carbocycles. The van der Waals surface area contributed by atoms with E-state index in [1.54, 1.807) is 0 Å². The van der Waals surface area contributed by atoms with Crippen LogP contribution in [-0.2, 0) is 9.53 Å². The first-order valence-electron chi connectivity index (χ1n) is 5.61. The maximum atomic E-state index is 12.0. The van der Waals surface area contributed by atoms with Crippen molar-refractivity contribution >= 4 is 5.91 Å². The van der Waals surface area contributed by atoms with Crippen LogP contribution in [0.25, 0.3) is 0 Å². The highest BCUT2D eigenvalue weighted by Gasteiger charge is 2.52. The van der Waals surface area contributed by atoms with Gasteiger partial charge in [0.15, 0.2) is 0 Å². The topological polar surface area (TPSA) is 53.3 Å². The number of likely N-dealkylation sites (tertiary alicyclic amines) is 1. The van der Waals surface area contributed by atoms with Gasteiger partial charge in [-0.25, -0.2) is 0 Å². The predicted molar refractivity (Wildman–Crippen MR) is 53.9 cm³/mol. The van der Waals surface area contributed by atoms with Gasteiger partial charge in [-0.1, -0.05) is 6.92 Å². The largest absolute Gasteiger partial charge is 0.345 e. The number of hydrogen-bond acceptors (Lipinski definition) is 3. The summed E-state index contributed by atoms with van der Waals surface area (Å²) < 4.78 is 28.0. The van der Waals surface area contributed by atoms with Gasteiger partial charge in [0.1, 0.15) is 5.41 Å². The number of hydrogen-bond donors (Lipinski definition) is 0. The lowest BCUT2D eigenvalue weighted by molar-refractivity contribution is -0.203. The molecule has 1 aliphatic heterocycles. The van der Waals surface area contributed by atoms with E-state index >= 15 is 0 Å². The molecule has 0 aromatic heterocycles. The summed E-state index contributed by atoms with van der Waals surface area (Å²) in [4.78, 5) is 13.4. The minimum atomic E-state index is -2.80. The molecule has 1 saturated carbocycles. The monoisotopic (exact) mass is 244 g/mol. The van der Waals surface area contributed by atoms with Gasteiger partial charge in [-0.3, -0.25) is 4.79 Å². The van der Waals surface area contributed by atoms with Crippen LogP contribution in [0.1, 0.15) is 19.8 Å². The summed E-state index contributed by atoms with van der Waals surface area (Å²) >= 11 is 0. The Balaban J connectivity index is 1.85. The maximum absolute atomic E-state index is 12.0. The van der Waals surface area contributed by atoms with Gasteiger partial charge in [0, 0.05) is 13.1 Å². The second kappa shape index (κ2) is 4.22. The predicted octanol–water partition coefficient (Wildman–Crippen LogP) is 1.38. The quantitative estimate of drug-likeness (QED) is 0.753. The molecular formula is C11H14F2N2O2. The van der Waals surface area contributed by atoms with Gasteiger partial charge in [0.25, 0.3) is 0 Å². The Labute approximate surface area is 98.1 Å². The third-order valence-electron chi connectivity index (χ3n) is 3.45. The van der Waals surface area contributed by atoms with Crippen molar-refractivity contribution in [1.29, 1.82) is 5.26 Å². The fourth-order valence-corrected chi connectivity index (χ4v) is 2.58. The van der Waals surface area contributed by atoms with E-state index in [1.165, 1.54) is 4.90 Å². The molecule has 2 fully saturated rings. The van der Waals surface area contributed by atoms with Crippen molar-refractivity contribution in [2.24, 2.45) is 11.3 Å². The molecule has 6 heteroatoms. The number of halogens is 2. The van der Waals surface area contributed by atoms with Crippen molar-refractivity contribution in [2.75, 3.05) is 13.1 Å². The molecule has 0 radical (unpaired) electrons. The van der Waals surface area contributed by atoms with E-state index in [0.29, 0.717) is 18.8 Å². The molecule has 94 valence electrons. The Hall–Kier alpha value is -1.22. The summed E-state index contributed by atoms with van der Waals surface area (Å²) in [5.74, 6) is 0.153. The lowest BCUT2D eigenvalue weighted by Crippen LogP contribution is -2.61. The van der Waals surface area contributed by atoms with Crippen molar-refractivity contribution < 1.29 is 18.3 Å². The van der Waals surface area contributed by atoms with Crippen LogP contribution >= 0.6 is 0 Å². The number of ether oxygens (including phenoxy) is 1. The van der Waals surface area contributed by atoms with Crippen LogP contribution < -0.4 is 0 Å². The summed E-state index contributed by atoms with van der Waals surface area (Å²) in [5, 5.41) is 9.06. The molecule has 1 heterocycles. The molecule has 2 rings (SSSR count). The van der Waals surface area contributed by atoms with Crippen LogP contribution in [0.4, 0.5) is 8.78 Å². The molecule has 2 aliphatic rings. The summed E-state index contributed by atoms with van der Waals surface area (Å²) in [5.41, 5.74) is -0.908. The normalized spacial score (nSPS) is 32.9. The lowest BCUT2D eigenvalue weighted by Gasteiger charge is -2.47. The standard InChI is InChI=1S/C11H14F2N2O2/c1-7-2-11(3-7,6-14)9(16)15-4-8(5-15)17-10(12)13/h7-8,10H,2-5H2,1H3. The Morgan fingerprint density at radius 1 is 1.53 bits per heavy atom. The molecule has 4 nitrogen and oxygen atoms in total. The minimum Gasteiger partial charge on any atom is -0.336 e. The zero-order chi connectivity index (χ0) is 12.6. The van der Waals surface area contributed by atoms with Gasteiger partial charge in [-0.2, -0.15) is 14.0 Å². The first-order valence-corrected chi connectivity index (χ1v) is 5.61. The van der Waals surface area contributed by atoms with Crippen LogP contribution in [0, 0.1) is 22.7 Å². The molecule has 0 unspecified atom stereocenters. The first-order chi connectivity index (χ1) is 7.97. The number of rotatable bonds is 3. The highest BCUT2D eigenvalue weighted by atomic mass is 19.3. The van der Waals surface area contributed by atoms with Gasteiger partial charge >= 0.3 is 6.61 Å². The van der Waals surface area contributed by atoms with Crippen LogP contribution in [-0.4, -0.2) is 36.6 Å². The minimum absolute atomic E-state index is 0.168. The van der Waals surface area contributed by atoms with E-state index in [0.717, 1.165) is 0 Å². The summed E-state index contributed by atoms with van der Waals surface area (Å²) in [6.45, 7) is -0.477. The number of nitriles is 1. The smallest absolute Gasteiger partial charge is 0.336 e. The van der Waals surface area contributed by atoms with Crippen molar-refractivity contribution in [3.05, 3.63) is 0 Å². The second-order valence-electron chi connectivity index (χ2n) is 4.94. The highest BCUT2D eigenvalue weighted by Crippen LogP contribution is 2.46. The van der Waals surface area contributed by atoms with Gasteiger partial charge in [-0.15, -0.1) is 0 Å². The average molecular weight is 244 g/mol.